The Morgan fingerprint density at radius 2 is 1.68 bits per heavy atom. The van der Waals surface area contributed by atoms with Gasteiger partial charge >= 0.3 is 0 Å². The lowest BCUT2D eigenvalue weighted by molar-refractivity contribution is 0.102. The molecule has 6 nitrogen and oxygen atoms in total. The zero-order valence-corrected chi connectivity index (χ0v) is 16.4. The largest absolute Gasteiger partial charge is 0.367 e. The summed E-state index contributed by atoms with van der Waals surface area (Å²) in [4.78, 5) is 14.1. The molecule has 1 heterocycles. The number of benzene rings is 2. The minimum absolute atomic E-state index is 0.0128. The van der Waals surface area contributed by atoms with Crippen molar-refractivity contribution in [2.24, 2.45) is 0 Å². The molecule has 1 aliphatic heterocycles. The molecular weight excluding hydrogens is 388 g/mol. The fourth-order valence-corrected chi connectivity index (χ4v) is 3.78. The van der Waals surface area contributed by atoms with Gasteiger partial charge in [-0.15, -0.1) is 0 Å². The number of hydrogen-bond donors (Lipinski definition) is 2. The molecule has 0 radical (unpaired) electrons. The number of halogens is 2. The minimum Gasteiger partial charge on any atom is -0.367 e. The maximum atomic E-state index is 14.4. The molecule has 0 bridgehead atoms. The van der Waals surface area contributed by atoms with E-state index >= 15 is 0 Å². The number of nitrogens with one attached hydrogen (secondary N) is 2. The molecule has 3 rings (SSSR count). The quantitative estimate of drug-likeness (QED) is 0.792. The van der Waals surface area contributed by atoms with Crippen LogP contribution >= 0.6 is 0 Å². The molecule has 1 fully saturated rings. The molecule has 0 atom stereocenters. The van der Waals surface area contributed by atoms with Gasteiger partial charge in [-0.2, -0.15) is 0 Å². The second-order valence-electron chi connectivity index (χ2n) is 6.84. The van der Waals surface area contributed by atoms with Crippen molar-refractivity contribution in [1.82, 2.24) is 0 Å². The second-order valence-corrected chi connectivity index (χ2v) is 8.59. The zero-order valence-electron chi connectivity index (χ0n) is 15.6. The van der Waals surface area contributed by atoms with Crippen molar-refractivity contribution in [2.75, 3.05) is 34.3 Å². The molecule has 0 aromatic heterocycles. The molecule has 9 heteroatoms. The number of rotatable bonds is 5. The van der Waals surface area contributed by atoms with Gasteiger partial charge in [-0.25, -0.2) is 17.2 Å². The number of nitrogens with zero attached hydrogens (tertiary/aromatic N) is 1. The molecule has 2 aromatic rings. The van der Waals surface area contributed by atoms with Crippen molar-refractivity contribution in [2.45, 2.75) is 19.8 Å². The number of anilines is 3. The highest BCUT2D eigenvalue weighted by molar-refractivity contribution is 7.92. The first-order valence-corrected chi connectivity index (χ1v) is 10.7. The maximum absolute atomic E-state index is 14.4. The SMILES string of the molecule is Cc1ccc(C(=O)Nc2cc(F)c(N3CCCC3)c(F)c2)cc1NS(C)(=O)=O. The van der Waals surface area contributed by atoms with Crippen LogP contribution in [-0.2, 0) is 10.0 Å². The highest BCUT2D eigenvalue weighted by Crippen LogP contribution is 2.30. The van der Waals surface area contributed by atoms with Crippen LogP contribution in [0.2, 0.25) is 0 Å². The van der Waals surface area contributed by atoms with Crippen molar-refractivity contribution >= 4 is 33.0 Å². The number of sulfonamides is 1. The Kier molecular flexibility index (Phi) is 5.55. The summed E-state index contributed by atoms with van der Waals surface area (Å²) in [6.07, 6.45) is 2.77. The number of aryl methyl sites for hydroxylation is 1. The molecule has 0 aliphatic carbocycles. The van der Waals surface area contributed by atoms with Crippen molar-refractivity contribution in [1.29, 1.82) is 0 Å². The first-order chi connectivity index (χ1) is 13.1. The smallest absolute Gasteiger partial charge is 0.255 e. The summed E-state index contributed by atoms with van der Waals surface area (Å²) < 4.78 is 54.0. The van der Waals surface area contributed by atoms with Crippen LogP contribution in [-0.4, -0.2) is 33.7 Å². The normalized spacial score (nSPS) is 14.2. The van der Waals surface area contributed by atoms with Crippen LogP contribution in [0, 0.1) is 18.6 Å². The highest BCUT2D eigenvalue weighted by atomic mass is 32.2. The summed E-state index contributed by atoms with van der Waals surface area (Å²) in [6, 6.07) is 6.62. The van der Waals surface area contributed by atoms with E-state index in [4.69, 9.17) is 0 Å². The van der Waals surface area contributed by atoms with E-state index in [0.717, 1.165) is 31.2 Å². The van der Waals surface area contributed by atoms with Gasteiger partial charge in [0.05, 0.1) is 11.9 Å². The lowest BCUT2D eigenvalue weighted by Crippen LogP contribution is -2.21. The van der Waals surface area contributed by atoms with E-state index in [9.17, 15) is 22.0 Å². The van der Waals surface area contributed by atoms with Gasteiger partial charge in [-0.3, -0.25) is 9.52 Å². The highest BCUT2D eigenvalue weighted by Gasteiger charge is 2.21. The van der Waals surface area contributed by atoms with Crippen LogP contribution in [0.1, 0.15) is 28.8 Å². The summed E-state index contributed by atoms with van der Waals surface area (Å²) in [5, 5.41) is 2.45. The average Bonchev–Trinajstić information content (AvgIpc) is 3.09. The second kappa shape index (κ2) is 7.75. The molecule has 2 aromatic carbocycles. The monoisotopic (exact) mass is 409 g/mol. The molecule has 1 aliphatic rings. The fraction of sp³-hybridized carbons (Fsp3) is 0.316. The number of amides is 1. The molecule has 1 amide bonds. The van der Waals surface area contributed by atoms with Crippen molar-refractivity contribution < 1.29 is 22.0 Å². The topological polar surface area (TPSA) is 78.5 Å². The van der Waals surface area contributed by atoms with Gasteiger partial charge in [0.1, 0.15) is 5.69 Å². The first-order valence-electron chi connectivity index (χ1n) is 8.78. The summed E-state index contributed by atoms with van der Waals surface area (Å²) in [7, 11) is -3.51. The molecule has 28 heavy (non-hydrogen) atoms. The lowest BCUT2D eigenvalue weighted by Gasteiger charge is -2.20. The van der Waals surface area contributed by atoms with E-state index in [2.05, 4.69) is 10.0 Å². The Balaban J connectivity index is 1.82. The molecule has 1 saturated heterocycles. The van der Waals surface area contributed by atoms with Gasteiger partial charge in [-0.05, 0) is 49.6 Å². The predicted molar refractivity (Wildman–Crippen MR) is 105 cm³/mol. The van der Waals surface area contributed by atoms with Gasteiger partial charge in [0.2, 0.25) is 10.0 Å². The van der Waals surface area contributed by atoms with E-state index in [1.165, 1.54) is 12.1 Å². The molecular formula is C19H21F2N3O3S. The van der Waals surface area contributed by atoms with Crippen molar-refractivity contribution in [3.05, 3.63) is 53.1 Å². The third-order valence-corrected chi connectivity index (χ3v) is 5.08. The van der Waals surface area contributed by atoms with Crippen LogP contribution in [0.25, 0.3) is 0 Å². The molecule has 150 valence electrons. The summed E-state index contributed by atoms with van der Waals surface area (Å²) in [6.45, 7) is 2.88. The molecule has 0 saturated carbocycles. The Morgan fingerprint density at radius 1 is 1.07 bits per heavy atom. The summed E-state index contributed by atoms with van der Waals surface area (Å²) in [5.74, 6) is -2.08. The zero-order chi connectivity index (χ0) is 20.5. The van der Waals surface area contributed by atoms with E-state index in [0.29, 0.717) is 18.7 Å². The van der Waals surface area contributed by atoms with Crippen molar-refractivity contribution in [3.8, 4) is 0 Å². The third kappa shape index (κ3) is 4.59. The van der Waals surface area contributed by atoms with Gasteiger partial charge in [0.15, 0.2) is 11.6 Å². The number of carbonyl (C=O) groups is 1. The summed E-state index contributed by atoms with van der Waals surface area (Å²) >= 11 is 0. The van der Waals surface area contributed by atoms with Crippen LogP contribution in [0.15, 0.2) is 30.3 Å². The lowest BCUT2D eigenvalue weighted by atomic mass is 10.1. The van der Waals surface area contributed by atoms with Gasteiger partial charge < -0.3 is 10.2 Å². The Bertz CT molecular complexity index is 996. The predicted octanol–water partition coefficient (Wildman–Crippen LogP) is 3.50. The average molecular weight is 409 g/mol. The van der Waals surface area contributed by atoms with Crippen LogP contribution in [0.4, 0.5) is 25.8 Å². The Morgan fingerprint density at radius 3 is 2.25 bits per heavy atom. The van der Waals surface area contributed by atoms with Crippen LogP contribution < -0.4 is 14.9 Å². The molecule has 2 N–H and O–H groups in total. The third-order valence-electron chi connectivity index (χ3n) is 4.49. The minimum atomic E-state index is -3.51. The number of carbonyl (C=O) groups excluding carboxylic acids is 1. The van der Waals surface area contributed by atoms with E-state index in [1.54, 1.807) is 17.9 Å². The van der Waals surface area contributed by atoms with Gasteiger partial charge in [0.25, 0.3) is 5.91 Å². The van der Waals surface area contributed by atoms with Gasteiger partial charge in [0, 0.05) is 24.3 Å². The molecule has 0 spiro atoms. The van der Waals surface area contributed by atoms with E-state index in [1.807, 2.05) is 0 Å². The fourth-order valence-electron chi connectivity index (χ4n) is 3.16. The molecule has 0 unspecified atom stereocenters. The standard InChI is InChI=1S/C19H21F2N3O3S/c1-12-5-6-13(9-17(12)23-28(2,26)27)19(25)22-14-10-15(20)18(16(21)11-14)24-7-3-4-8-24/h5-6,9-11,23H,3-4,7-8H2,1-2H3,(H,22,25). The summed E-state index contributed by atoms with van der Waals surface area (Å²) in [5.41, 5.74) is 0.957. The van der Waals surface area contributed by atoms with Crippen molar-refractivity contribution in [3.63, 3.8) is 0 Å². The Hall–Kier alpha value is -2.68. The van der Waals surface area contributed by atoms with E-state index in [-0.39, 0.29) is 22.6 Å². The first kappa shape index (κ1) is 20.1. The van der Waals surface area contributed by atoms with Crippen LogP contribution in [0.5, 0.6) is 0 Å². The maximum Gasteiger partial charge on any atom is 0.255 e. The number of hydrogen-bond acceptors (Lipinski definition) is 4. The Labute approximate surface area is 162 Å². The van der Waals surface area contributed by atoms with Gasteiger partial charge in [-0.1, -0.05) is 6.07 Å². The van der Waals surface area contributed by atoms with E-state index < -0.39 is 27.6 Å². The van der Waals surface area contributed by atoms with Crippen LogP contribution in [0.3, 0.4) is 0 Å².